The third-order valence-electron chi connectivity index (χ3n) is 2.81. The number of nitro groups is 1. The molecule has 1 amide bonds. The van der Waals surface area contributed by atoms with Gasteiger partial charge >= 0.3 is 0 Å². The van der Waals surface area contributed by atoms with Gasteiger partial charge in [-0.25, -0.2) is 4.39 Å². The van der Waals surface area contributed by atoms with Gasteiger partial charge in [-0.1, -0.05) is 6.07 Å². The Bertz CT molecular complexity index is 486. The first kappa shape index (κ1) is 12.4. The molecule has 18 heavy (non-hydrogen) atoms. The van der Waals surface area contributed by atoms with Gasteiger partial charge in [0.2, 0.25) is 5.91 Å². The van der Waals surface area contributed by atoms with Gasteiger partial charge in [0, 0.05) is 6.07 Å². The Morgan fingerprint density at radius 2 is 2.33 bits per heavy atom. The van der Waals surface area contributed by atoms with Crippen molar-refractivity contribution in [3.63, 3.8) is 0 Å². The van der Waals surface area contributed by atoms with Crippen molar-refractivity contribution in [3.05, 3.63) is 34.1 Å². The maximum Gasteiger partial charge on any atom is 0.295 e. The zero-order chi connectivity index (χ0) is 13.1. The number of nitrogens with zero attached hydrogens (tertiary/aromatic N) is 1. The molecular formula is C11H12FN3O3. The van der Waals surface area contributed by atoms with Crippen molar-refractivity contribution in [1.29, 1.82) is 0 Å². The molecule has 0 bridgehead atoms. The molecule has 0 saturated carbocycles. The number of amides is 1. The fourth-order valence-electron chi connectivity index (χ4n) is 1.91. The van der Waals surface area contributed by atoms with Crippen LogP contribution in [0, 0.1) is 15.9 Å². The third-order valence-corrected chi connectivity index (χ3v) is 2.81. The summed E-state index contributed by atoms with van der Waals surface area (Å²) in [4.78, 5) is 21.8. The quantitative estimate of drug-likeness (QED) is 0.630. The average molecular weight is 253 g/mol. The summed E-state index contributed by atoms with van der Waals surface area (Å²) < 4.78 is 13.5. The number of benzene rings is 1. The molecular weight excluding hydrogens is 241 g/mol. The van der Waals surface area contributed by atoms with E-state index >= 15 is 0 Å². The zero-order valence-electron chi connectivity index (χ0n) is 9.48. The van der Waals surface area contributed by atoms with Crippen molar-refractivity contribution in [3.8, 4) is 0 Å². The molecule has 2 rings (SSSR count). The number of halogens is 1. The number of carbonyl (C=O) groups excluding carboxylic acids is 1. The van der Waals surface area contributed by atoms with E-state index in [4.69, 9.17) is 0 Å². The maximum atomic E-state index is 13.5. The third kappa shape index (κ3) is 2.45. The molecule has 1 saturated heterocycles. The number of hydrogen-bond donors (Lipinski definition) is 2. The van der Waals surface area contributed by atoms with E-state index in [0.29, 0.717) is 6.42 Å². The first-order valence-electron chi connectivity index (χ1n) is 5.57. The van der Waals surface area contributed by atoms with Crippen LogP contribution in [0.1, 0.15) is 12.8 Å². The molecule has 2 N–H and O–H groups in total. The molecule has 1 heterocycles. The number of hydrogen-bond acceptors (Lipinski definition) is 4. The van der Waals surface area contributed by atoms with Crippen LogP contribution in [-0.2, 0) is 4.79 Å². The van der Waals surface area contributed by atoms with Crippen molar-refractivity contribution in [2.75, 3.05) is 11.9 Å². The largest absolute Gasteiger partial charge is 0.317 e. The molecule has 7 heteroatoms. The highest BCUT2D eigenvalue weighted by atomic mass is 19.1. The van der Waals surface area contributed by atoms with Gasteiger partial charge in [-0.05, 0) is 25.5 Å². The Kier molecular flexibility index (Phi) is 3.52. The van der Waals surface area contributed by atoms with E-state index in [1.807, 2.05) is 0 Å². The number of anilines is 1. The molecule has 0 aromatic heterocycles. The molecule has 1 aliphatic rings. The highest BCUT2D eigenvalue weighted by Crippen LogP contribution is 2.27. The number of para-hydroxylation sites is 1. The molecule has 0 spiro atoms. The zero-order valence-corrected chi connectivity index (χ0v) is 9.48. The van der Waals surface area contributed by atoms with Gasteiger partial charge in [-0.15, -0.1) is 0 Å². The minimum atomic E-state index is -0.810. The van der Waals surface area contributed by atoms with Crippen LogP contribution >= 0.6 is 0 Å². The summed E-state index contributed by atoms with van der Waals surface area (Å²) >= 11 is 0. The van der Waals surface area contributed by atoms with Gasteiger partial charge in [0.15, 0.2) is 11.5 Å². The van der Waals surface area contributed by atoms with Gasteiger partial charge in [-0.3, -0.25) is 14.9 Å². The summed E-state index contributed by atoms with van der Waals surface area (Å²) in [5.74, 6) is -1.25. The summed E-state index contributed by atoms with van der Waals surface area (Å²) in [5.41, 5.74) is -0.817. The van der Waals surface area contributed by atoms with E-state index < -0.39 is 28.4 Å². The second-order valence-electron chi connectivity index (χ2n) is 4.03. The topological polar surface area (TPSA) is 84.3 Å². The second kappa shape index (κ2) is 5.09. The van der Waals surface area contributed by atoms with Crippen LogP contribution in [0.2, 0.25) is 0 Å². The summed E-state index contributed by atoms with van der Waals surface area (Å²) in [5, 5.41) is 16.0. The van der Waals surface area contributed by atoms with Crippen molar-refractivity contribution in [1.82, 2.24) is 5.32 Å². The van der Waals surface area contributed by atoms with E-state index in [0.717, 1.165) is 25.1 Å². The SMILES string of the molecule is O=C(Nc1c(F)cccc1[N+](=O)[O-])[C@@H]1CCCN1. The van der Waals surface area contributed by atoms with Crippen molar-refractivity contribution in [2.45, 2.75) is 18.9 Å². The number of carbonyl (C=O) groups is 1. The number of nitrogens with one attached hydrogen (secondary N) is 2. The van der Waals surface area contributed by atoms with E-state index in [2.05, 4.69) is 10.6 Å². The first-order valence-corrected chi connectivity index (χ1v) is 5.57. The molecule has 96 valence electrons. The van der Waals surface area contributed by atoms with Crippen LogP contribution in [0.3, 0.4) is 0 Å². The standard InChI is InChI=1S/C11H12FN3O3/c12-7-3-1-5-9(15(17)18)10(7)14-11(16)8-4-2-6-13-8/h1,3,5,8,13H,2,4,6H2,(H,14,16)/t8-/m0/s1. The van der Waals surface area contributed by atoms with Crippen LogP contribution < -0.4 is 10.6 Å². The van der Waals surface area contributed by atoms with E-state index in [-0.39, 0.29) is 5.69 Å². The molecule has 1 aromatic rings. The molecule has 6 nitrogen and oxygen atoms in total. The van der Waals surface area contributed by atoms with Gasteiger partial charge in [0.05, 0.1) is 11.0 Å². The Morgan fingerprint density at radius 3 is 2.94 bits per heavy atom. The Morgan fingerprint density at radius 1 is 1.56 bits per heavy atom. The Balaban J connectivity index is 2.22. The number of nitro benzene ring substituents is 1. The summed E-state index contributed by atoms with van der Waals surface area (Å²) in [6.07, 6.45) is 1.51. The molecule has 1 aromatic carbocycles. The monoisotopic (exact) mass is 253 g/mol. The van der Waals surface area contributed by atoms with Crippen LogP contribution in [0.5, 0.6) is 0 Å². The Labute approximate surface area is 102 Å². The lowest BCUT2D eigenvalue weighted by Gasteiger charge is -2.11. The lowest BCUT2D eigenvalue weighted by Crippen LogP contribution is -2.35. The molecule has 1 fully saturated rings. The van der Waals surface area contributed by atoms with Crippen molar-refractivity contribution in [2.24, 2.45) is 0 Å². The molecule has 0 aliphatic carbocycles. The van der Waals surface area contributed by atoms with Crippen LogP contribution in [0.25, 0.3) is 0 Å². The van der Waals surface area contributed by atoms with Crippen LogP contribution in [0.15, 0.2) is 18.2 Å². The fraction of sp³-hybridized carbons (Fsp3) is 0.364. The summed E-state index contributed by atoms with van der Waals surface area (Å²) in [6, 6.07) is 3.05. The van der Waals surface area contributed by atoms with E-state index in [1.54, 1.807) is 0 Å². The lowest BCUT2D eigenvalue weighted by molar-refractivity contribution is -0.384. The fourth-order valence-corrected chi connectivity index (χ4v) is 1.91. The van der Waals surface area contributed by atoms with Gasteiger partial charge in [0.1, 0.15) is 0 Å². The normalized spacial score (nSPS) is 18.6. The highest BCUT2D eigenvalue weighted by molar-refractivity contribution is 5.97. The van der Waals surface area contributed by atoms with Crippen molar-refractivity contribution >= 4 is 17.3 Å². The first-order chi connectivity index (χ1) is 8.59. The van der Waals surface area contributed by atoms with Gasteiger partial charge in [0.25, 0.3) is 5.69 Å². The maximum absolute atomic E-state index is 13.5. The van der Waals surface area contributed by atoms with Crippen LogP contribution in [0.4, 0.5) is 15.8 Å². The number of rotatable bonds is 3. The molecule has 0 unspecified atom stereocenters. The molecule has 1 atom stereocenters. The van der Waals surface area contributed by atoms with E-state index in [9.17, 15) is 19.3 Å². The Hall–Kier alpha value is -2.02. The summed E-state index contributed by atoms with van der Waals surface area (Å²) in [7, 11) is 0. The second-order valence-corrected chi connectivity index (χ2v) is 4.03. The summed E-state index contributed by atoms with van der Waals surface area (Å²) in [6.45, 7) is 0.720. The smallest absolute Gasteiger partial charge is 0.295 e. The molecule has 0 radical (unpaired) electrons. The van der Waals surface area contributed by atoms with E-state index in [1.165, 1.54) is 6.07 Å². The highest BCUT2D eigenvalue weighted by Gasteiger charge is 2.26. The molecule has 1 aliphatic heterocycles. The predicted octanol–water partition coefficient (Wildman–Crippen LogP) is 1.42. The lowest BCUT2D eigenvalue weighted by atomic mass is 10.2. The van der Waals surface area contributed by atoms with Crippen molar-refractivity contribution < 1.29 is 14.1 Å². The minimum Gasteiger partial charge on any atom is -0.317 e. The average Bonchev–Trinajstić information content (AvgIpc) is 2.85. The van der Waals surface area contributed by atoms with Crippen LogP contribution in [-0.4, -0.2) is 23.4 Å². The van der Waals surface area contributed by atoms with Gasteiger partial charge < -0.3 is 10.6 Å². The van der Waals surface area contributed by atoms with Gasteiger partial charge in [-0.2, -0.15) is 0 Å². The predicted molar refractivity (Wildman–Crippen MR) is 62.7 cm³/mol. The minimum absolute atomic E-state index is 0.374.